The van der Waals surface area contributed by atoms with Gasteiger partial charge in [0.15, 0.2) is 0 Å². The molecule has 10 nitrogen and oxygen atoms in total. The summed E-state index contributed by atoms with van der Waals surface area (Å²) in [6.45, 7) is 1.26. The summed E-state index contributed by atoms with van der Waals surface area (Å²) in [4.78, 5) is 46.0. The molecule has 164 valence electrons. The molecule has 1 spiro atoms. The molecule has 31 heavy (non-hydrogen) atoms. The minimum atomic E-state index is -0.835. The predicted molar refractivity (Wildman–Crippen MR) is 117 cm³/mol. The number of carbonyl (C=O) groups is 2. The maximum atomic E-state index is 13.3. The van der Waals surface area contributed by atoms with Crippen molar-refractivity contribution in [1.82, 2.24) is 25.2 Å². The number of amides is 2. The van der Waals surface area contributed by atoms with Crippen LogP contribution < -0.4 is 26.8 Å². The monoisotopic (exact) mass is 465 g/mol. The Morgan fingerprint density at radius 1 is 1.23 bits per heavy atom. The Labute approximate surface area is 188 Å². The molecule has 1 unspecified atom stereocenters. The fourth-order valence-corrected chi connectivity index (χ4v) is 4.29. The summed E-state index contributed by atoms with van der Waals surface area (Å²) in [5.74, 6) is 0.289. The molecule has 1 saturated heterocycles. The zero-order valence-corrected chi connectivity index (χ0v) is 18.0. The standard InChI is InChI=1S/C19H20ClN7O3.ClH/c20-11-6-12(24-13-7-14(23-9-22-13)25-16(28)10-2-3-10)18(30)27-15(11)17(29)26-19(27)4-1-5-21-8-19;/h6-7,9-10,21H,1-5,8H2,(H,26,29)(H2,22,23,24,25,28);1H. The summed E-state index contributed by atoms with van der Waals surface area (Å²) in [6, 6.07) is 2.97. The lowest BCUT2D eigenvalue weighted by Crippen LogP contribution is -2.56. The summed E-state index contributed by atoms with van der Waals surface area (Å²) in [5.41, 5.74) is -0.865. The van der Waals surface area contributed by atoms with Crippen molar-refractivity contribution in [2.75, 3.05) is 23.7 Å². The summed E-state index contributed by atoms with van der Waals surface area (Å²) < 4.78 is 1.45. The lowest BCUT2D eigenvalue weighted by Gasteiger charge is -2.35. The van der Waals surface area contributed by atoms with Crippen LogP contribution in [0.15, 0.2) is 23.3 Å². The lowest BCUT2D eigenvalue weighted by molar-refractivity contribution is -0.117. The minimum absolute atomic E-state index is 0. The van der Waals surface area contributed by atoms with Crippen molar-refractivity contribution in [3.63, 3.8) is 0 Å². The SMILES string of the molecule is Cl.O=C1NC2(CCCNC2)n2c1c(Cl)cc(Nc1cc(NC(=O)C3CC3)ncn1)c2=O. The van der Waals surface area contributed by atoms with E-state index >= 15 is 0 Å². The van der Waals surface area contributed by atoms with Crippen LogP contribution in [-0.4, -0.2) is 39.4 Å². The van der Waals surface area contributed by atoms with Crippen LogP contribution in [-0.2, 0) is 10.5 Å². The molecule has 4 heterocycles. The number of anilines is 3. The van der Waals surface area contributed by atoms with Crippen molar-refractivity contribution < 1.29 is 9.59 Å². The molecule has 4 N–H and O–H groups in total. The van der Waals surface area contributed by atoms with E-state index in [4.69, 9.17) is 11.6 Å². The average Bonchev–Trinajstić information content (AvgIpc) is 3.52. The highest BCUT2D eigenvalue weighted by Crippen LogP contribution is 2.33. The highest BCUT2D eigenvalue weighted by Gasteiger charge is 2.45. The first-order chi connectivity index (χ1) is 14.5. The smallest absolute Gasteiger partial charge is 0.276 e. The number of carbonyl (C=O) groups excluding carboxylic acids is 2. The number of rotatable bonds is 4. The number of aromatic nitrogens is 3. The summed E-state index contributed by atoms with van der Waals surface area (Å²) in [6.07, 6.45) is 4.52. The Hall–Kier alpha value is -2.69. The molecule has 1 saturated carbocycles. The second-order valence-corrected chi connectivity index (χ2v) is 8.25. The molecule has 2 fully saturated rings. The van der Waals surface area contributed by atoms with Crippen molar-refractivity contribution >= 4 is 53.1 Å². The van der Waals surface area contributed by atoms with Gasteiger partial charge >= 0.3 is 0 Å². The summed E-state index contributed by atoms with van der Waals surface area (Å²) in [5, 5.41) is 12.0. The van der Waals surface area contributed by atoms with Crippen molar-refractivity contribution in [3.05, 3.63) is 39.5 Å². The van der Waals surface area contributed by atoms with Gasteiger partial charge in [-0.1, -0.05) is 11.6 Å². The summed E-state index contributed by atoms with van der Waals surface area (Å²) >= 11 is 6.38. The summed E-state index contributed by atoms with van der Waals surface area (Å²) in [7, 11) is 0. The molecule has 1 atom stereocenters. The molecule has 0 aromatic carbocycles. The number of nitrogens with one attached hydrogen (secondary N) is 4. The van der Waals surface area contributed by atoms with E-state index in [0.29, 0.717) is 24.6 Å². The van der Waals surface area contributed by atoms with Crippen LogP contribution in [0.4, 0.5) is 17.3 Å². The maximum absolute atomic E-state index is 13.3. The first kappa shape index (κ1) is 21.5. The van der Waals surface area contributed by atoms with Crippen molar-refractivity contribution in [1.29, 1.82) is 0 Å². The largest absolute Gasteiger partial charge is 0.336 e. The molecule has 2 aliphatic heterocycles. The van der Waals surface area contributed by atoms with E-state index in [0.717, 1.165) is 25.8 Å². The van der Waals surface area contributed by atoms with E-state index in [9.17, 15) is 14.4 Å². The van der Waals surface area contributed by atoms with Crippen molar-refractivity contribution in [3.8, 4) is 0 Å². The molecule has 1 aliphatic carbocycles. The predicted octanol–water partition coefficient (Wildman–Crippen LogP) is 1.59. The van der Waals surface area contributed by atoms with Gasteiger partial charge in [0.05, 0.1) is 5.02 Å². The first-order valence-electron chi connectivity index (χ1n) is 9.86. The fourth-order valence-electron chi connectivity index (χ4n) is 4.01. The van der Waals surface area contributed by atoms with Crippen LogP contribution >= 0.6 is 24.0 Å². The zero-order valence-electron chi connectivity index (χ0n) is 16.4. The number of hydrogen-bond acceptors (Lipinski definition) is 7. The number of hydrogen-bond donors (Lipinski definition) is 4. The lowest BCUT2D eigenvalue weighted by atomic mass is 10.00. The molecule has 0 radical (unpaired) electrons. The quantitative estimate of drug-likeness (QED) is 0.539. The van der Waals surface area contributed by atoms with E-state index in [1.165, 1.54) is 17.0 Å². The topological polar surface area (TPSA) is 130 Å². The number of piperidine rings is 1. The van der Waals surface area contributed by atoms with E-state index in [-0.39, 0.29) is 52.1 Å². The second-order valence-electron chi connectivity index (χ2n) is 7.84. The zero-order chi connectivity index (χ0) is 20.9. The van der Waals surface area contributed by atoms with E-state index < -0.39 is 5.66 Å². The Morgan fingerprint density at radius 2 is 2.00 bits per heavy atom. The number of fused-ring (bicyclic) bond motifs is 2. The van der Waals surface area contributed by atoms with Gasteiger partial charge in [-0.2, -0.15) is 0 Å². The van der Waals surface area contributed by atoms with Crippen LogP contribution in [0.1, 0.15) is 36.2 Å². The van der Waals surface area contributed by atoms with Gasteiger partial charge in [-0.05, 0) is 38.3 Å². The van der Waals surface area contributed by atoms with Gasteiger partial charge in [-0.3, -0.25) is 19.0 Å². The molecule has 12 heteroatoms. The molecular weight excluding hydrogens is 445 g/mol. The number of nitrogens with zero attached hydrogens (tertiary/aromatic N) is 3. The average molecular weight is 466 g/mol. The first-order valence-corrected chi connectivity index (χ1v) is 10.2. The molecule has 2 amide bonds. The van der Waals surface area contributed by atoms with Gasteiger partial charge in [0.25, 0.3) is 11.5 Å². The maximum Gasteiger partial charge on any atom is 0.276 e. The van der Waals surface area contributed by atoms with Crippen LogP contribution in [0.3, 0.4) is 0 Å². The minimum Gasteiger partial charge on any atom is -0.336 e. The molecule has 2 aromatic heterocycles. The Balaban J connectivity index is 0.00000231. The highest BCUT2D eigenvalue weighted by atomic mass is 35.5. The molecule has 2 aromatic rings. The molecule has 0 bridgehead atoms. The van der Waals surface area contributed by atoms with Gasteiger partial charge in [-0.25, -0.2) is 9.97 Å². The van der Waals surface area contributed by atoms with E-state index in [2.05, 4.69) is 31.2 Å². The number of pyridine rings is 1. The number of halogens is 2. The van der Waals surface area contributed by atoms with Crippen LogP contribution in [0.5, 0.6) is 0 Å². The Morgan fingerprint density at radius 3 is 2.71 bits per heavy atom. The third-order valence-corrected chi connectivity index (χ3v) is 5.92. The second kappa shape index (κ2) is 8.10. The van der Waals surface area contributed by atoms with Crippen molar-refractivity contribution in [2.24, 2.45) is 5.92 Å². The van der Waals surface area contributed by atoms with E-state index in [1.807, 2.05) is 0 Å². The van der Waals surface area contributed by atoms with E-state index in [1.54, 1.807) is 6.07 Å². The van der Waals surface area contributed by atoms with Gasteiger partial charge in [-0.15, -0.1) is 12.4 Å². The Kier molecular flexibility index (Phi) is 5.63. The van der Waals surface area contributed by atoms with Crippen LogP contribution in [0.2, 0.25) is 5.02 Å². The molecule has 5 rings (SSSR count). The molecule has 3 aliphatic rings. The van der Waals surface area contributed by atoms with Gasteiger partial charge < -0.3 is 21.3 Å². The third kappa shape index (κ3) is 3.86. The molecular formula is C19H21Cl2N7O3. The fraction of sp³-hybridized carbons (Fsp3) is 0.421. The van der Waals surface area contributed by atoms with Crippen molar-refractivity contribution in [2.45, 2.75) is 31.3 Å². The van der Waals surface area contributed by atoms with Gasteiger partial charge in [0, 0.05) is 18.5 Å². The van der Waals surface area contributed by atoms with Crippen LogP contribution in [0.25, 0.3) is 0 Å². The van der Waals surface area contributed by atoms with Gasteiger partial charge in [0.1, 0.15) is 35.0 Å². The Bertz CT molecular complexity index is 1110. The third-order valence-electron chi connectivity index (χ3n) is 5.63. The highest BCUT2D eigenvalue weighted by molar-refractivity contribution is 6.34. The normalized spacial score (nSPS) is 21.8. The van der Waals surface area contributed by atoms with Gasteiger partial charge in [0.2, 0.25) is 5.91 Å². The van der Waals surface area contributed by atoms with Crippen LogP contribution in [0, 0.1) is 5.92 Å².